The first-order valence-electron chi connectivity index (χ1n) is 7.74. The van der Waals surface area contributed by atoms with Gasteiger partial charge >= 0.3 is 0 Å². The Labute approximate surface area is 139 Å². The molecule has 2 N–H and O–H groups in total. The molecule has 0 spiro atoms. The number of aromatic nitrogens is 2. The van der Waals surface area contributed by atoms with E-state index in [0.29, 0.717) is 6.42 Å². The van der Waals surface area contributed by atoms with Crippen molar-refractivity contribution in [2.24, 2.45) is 13.0 Å². The molecule has 0 saturated heterocycles. The van der Waals surface area contributed by atoms with Crippen LogP contribution in [0.3, 0.4) is 0 Å². The Bertz CT molecular complexity index is 729. The molecule has 7 heteroatoms. The molecule has 1 atom stereocenters. The van der Waals surface area contributed by atoms with Gasteiger partial charge in [-0.15, -0.1) is 0 Å². The normalized spacial score (nSPS) is 12.5. The molecule has 24 heavy (non-hydrogen) atoms. The summed E-state index contributed by atoms with van der Waals surface area (Å²) in [6, 6.07) is 2.93. The quantitative estimate of drug-likeness (QED) is 0.851. The number of carbonyl (C=O) groups excluding carboxylic acids is 1. The molecule has 1 aromatic carbocycles. The highest BCUT2D eigenvalue weighted by molar-refractivity contribution is 6.00. The van der Waals surface area contributed by atoms with Crippen LogP contribution in [0, 0.1) is 17.6 Å². The van der Waals surface area contributed by atoms with Crippen LogP contribution in [0.1, 0.15) is 30.6 Å². The fraction of sp³-hybridized carbons (Fsp3) is 0.412. The molecule has 0 fully saturated rings. The fourth-order valence-electron chi connectivity index (χ4n) is 2.49. The molecule has 1 aromatic heterocycles. The van der Waals surface area contributed by atoms with E-state index in [4.69, 9.17) is 5.11 Å². The molecule has 1 amide bonds. The first-order valence-corrected chi connectivity index (χ1v) is 7.74. The van der Waals surface area contributed by atoms with Crippen LogP contribution in [0.5, 0.6) is 0 Å². The third-order valence-corrected chi connectivity index (χ3v) is 3.82. The van der Waals surface area contributed by atoms with Crippen molar-refractivity contribution in [3.63, 3.8) is 0 Å². The summed E-state index contributed by atoms with van der Waals surface area (Å²) in [5.41, 5.74) is 0.413. The van der Waals surface area contributed by atoms with E-state index >= 15 is 0 Å². The summed E-state index contributed by atoms with van der Waals surface area (Å²) < 4.78 is 28.6. The minimum Gasteiger partial charge on any atom is -0.396 e. The first kappa shape index (κ1) is 18.1. The van der Waals surface area contributed by atoms with Gasteiger partial charge in [-0.25, -0.2) is 8.78 Å². The highest BCUT2D eigenvalue weighted by Gasteiger charge is 2.23. The number of aryl methyl sites for hydroxylation is 1. The van der Waals surface area contributed by atoms with Crippen molar-refractivity contribution in [3.05, 3.63) is 41.6 Å². The van der Waals surface area contributed by atoms with Crippen LogP contribution in [0.15, 0.2) is 24.4 Å². The summed E-state index contributed by atoms with van der Waals surface area (Å²) in [5.74, 6) is -1.75. The lowest BCUT2D eigenvalue weighted by atomic mass is 10.0. The molecule has 0 aliphatic carbocycles. The molecule has 1 heterocycles. The topological polar surface area (TPSA) is 67.2 Å². The minimum absolute atomic E-state index is 0.0460. The number of amides is 1. The molecule has 0 saturated carbocycles. The van der Waals surface area contributed by atoms with Crippen LogP contribution in [0.2, 0.25) is 0 Å². The van der Waals surface area contributed by atoms with E-state index in [1.54, 1.807) is 7.05 Å². The van der Waals surface area contributed by atoms with Gasteiger partial charge in [-0.3, -0.25) is 9.48 Å². The van der Waals surface area contributed by atoms with E-state index in [9.17, 15) is 13.6 Å². The van der Waals surface area contributed by atoms with Crippen LogP contribution >= 0.6 is 0 Å². The van der Waals surface area contributed by atoms with Crippen molar-refractivity contribution < 1.29 is 18.7 Å². The van der Waals surface area contributed by atoms with Gasteiger partial charge in [-0.1, -0.05) is 13.8 Å². The number of hydrogen-bond acceptors (Lipinski definition) is 3. The van der Waals surface area contributed by atoms with Crippen molar-refractivity contribution >= 4 is 5.91 Å². The van der Waals surface area contributed by atoms with Gasteiger partial charge in [-0.05, 0) is 24.5 Å². The second-order valence-electron chi connectivity index (χ2n) is 6.03. The Balaban J connectivity index is 2.36. The first-order chi connectivity index (χ1) is 11.3. The molecule has 0 aliphatic rings. The molecule has 1 unspecified atom stereocenters. The largest absolute Gasteiger partial charge is 0.396 e. The van der Waals surface area contributed by atoms with Gasteiger partial charge in [0.15, 0.2) is 0 Å². The number of nitrogens with one attached hydrogen (secondary N) is 1. The molecule has 5 nitrogen and oxygen atoms in total. The summed E-state index contributed by atoms with van der Waals surface area (Å²) in [5, 5.41) is 16.1. The number of aliphatic hydroxyl groups is 1. The predicted octanol–water partition coefficient (Wildman–Crippen LogP) is 2.50. The monoisotopic (exact) mass is 337 g/mol. The fourth-order valence-corrected chi connectivity index (χ4v) is 2.49. The highest BCUT2D eigenvalue weighted by Crippen LogP contribution is 2.25. The van der Waals surface area contributed by atoms with Gasteiger partial charge in [0.2, 0.25) is 0 Å². The maximum atomic E-state index is 14.0. The molecule has 0 bridgehead atoms. The van der Waals surface area contributed by atoms with Crippen molar-refractivity contribution in [1.82, 2.24) is 15.1 Å². The Kier molecular flexibility index (Phi) is 5.66. The zero-order valence-electron chi connectivity index (χ0n) is 13.9. The van der Waals surface area contributed by atoms with Gasteiger partial charge in [-0.2, -0.15) is 5.10 Å². The van der Waals surface area contributed by atoms with Crippen LogP contribution < -0.4 is 5.32 Å². The Morgan fingerprint density at radius 2 is 2.08 bits per heavy atom. The second kappa shape index (κ2) is 7.53. The summed E-state index contributed by atoms with van der Waals surface area (Å²) in [4.78, 5) is 12.6. The Morgan fingerprint density at radius 1 is 1.38 bits per heavy atom. The SMILES string of the molecule is CC(C)C(CCO)NC(=O)c1cn(C)nc1-c1ccc(F)cc1F. The summed E-state index contributed by atoms with van der Waals surface area (Å²) in [6.07, 6.45) is 1.91. The average Bonchev–Trinajstić information content (AvgIpc) is 2.88. The number of halogens is 2. The lowest BCUT2D eigenvalue weighted by Crippen LogP contribution is -2.39. The predicted molar refractivity (Wildman–Crippen MR) is 86.4 cm³/mol. The van der Waals surface area contributed by atoms with Gasteiger partial charge in [0.05, 0.1) is 5.56 Å². The van der Waals surface area contributed by atoms with Crippen molar-refractivity contribution in [1.29, 1.82) is 0 Å². The standard InChI is InChI=1S/C17H21F2N3O2/c1-10(2)15(6-7-23)20-17(24)13-9-22(3)21-16(13)12-5-4-11(18)8-14(12)19/h4-5,8-10,15,23H,6-7H2,1-3H3,(H,20,24). The van der Waals surface area contributed by atoms with E-state index in [2.05, 4.69) is 10.4 Å². The highest BCUT2D eigenvalue weighted by atomic mass is 19.1. The van der Waals surface area contributed by atoms with Crippen molar-refractivity contribution in [2.45, 2.75) is 26.3 Å². The van der Waals surface area contributed by atoms with Gasteiger partial charge < -0.3 is 10.4 Å². The van der Waals surface area contributed by atoms with Crippen LogP contribution in [0.4, 0.5) is 8.78 Å². The maximum absolute atomic E-state index is 14.0. The molecular formula is C17H21F2N3O2. The smallest absolute Gasteiger partial charge is 0.255 e. The van der Waals surface area contributed by atoms with Crippen LogP contribution in [0.25, 0.3) is 11.3 Å². The lowest BCUT2D eigenvalue weighted by molar-refractivity contribution is 0.0917. The number of aliphatic hydroxyl groups excluding tert-OH is 1. The van der Waals surface area contributed by atoms with Gasteiger partial charge in [0.1, 0.15) is 17.3 Å². The molecule has 0 aliphatic heterocycles. The Morgan fingerprint density at radius 3 is 2.67 bits per heavy atom. The van der Waals surface area contributed by atoms with E-state index in [1.165, 1.54) is 16.9 Å². The average molecular weight is 337 g/mol. The minimum atomic E-state index is -0.779. The van der Waals surface area contributed by atoms with Gasteiger partial charge in [0.25, 0.3) is 5.91 Å². The summed E-state index contributed by atoms with van der Waals surface area (Å²) >= 11 is 0. The van der Waals surface area contributed by atoms with Crippen LogP contribution in [-0.2, 0) is 7.05 Å². The number of hydrogen-bond donors (Lipinski definition) is 2. The molecule has 130 valence electrons. The zero-order valence-corrected chi connectivity index (χ0v) is 13.9. The van der Waals surface area contributed by atoms with E-state index in [0.717, 1.165) is 12.1 Å². The number of rotatable bonds is 6. The van der Waals surface area contributed by atoms with E-state index < -0.39 is 17.5 Å². The van der Waals surface area contributed by atoms with E-state index in [-0.39, 0.29) is 35.4 Å². The summed E-state index contributed by atoms with van der Waals surface area (Å²) in [7, 11) is 1.62. The Hall–Kier alpha value is -2.28. The zero-order chi connectivity index (χ0) is 17.9. The number of carbonyl (C=O) groups is 1. The molecular weight excluding hydrogens is 316 g/mol. The van der Waals surface area contributed by atoms with Crippen LogP contribution in [-0.4, -0.2) is 33.4 Å². The molecule has 2 aromatic rings. The molecule has 0 radical (unpaired) electrons. The molecule has 2 rings (SSSR count). The second-order valence-corrected chi connectivity index (χ2v) is 6.03. The van der Waals surface area contributed by atoms with E-state index in [1.807, 2.05) is 13.8 Å². The van der Waals surface area contributed by atoms with Crippen molar-refractivity contribution in [3.8, 4) is 11.3 Å². The number of nitrogens with zero attached hydrogens (tertiary/aromatic N) is 2. The third-order valence-electron chi connectivity index (χ3n) is 3.82. The maximum Gasteiger partial charge on any atom is 0.255 e. The van der Waals surface area contributed by atoms with Crippen molar-refractivity contribution in [2.75, 3.05) is 6.61 Å². The number of benzene rings is 1. The van der Waals surface area contributed by atoms with Gasteiger partial charge in [0, 0.05) is 37.5 Å². The lowest BCUT2D eigenvalue weighted by Gasteiger charge is -2.21. The third kappa shape index (κ3) is 3.97. The summed E-state index contributed by atoms with van der Waals surface area (Å²) in [6.45, 7) is 3.82.